The van der Waals surface area contributed by atoms with Gasteiger partial charge in [-0.2, -0.15) is 0 Å². The molecule has 0 spiro atoms. The van der Waals surface area contributed by atoms with Crippen LogP contribution in [0.5, 0.6) is 5.75 Å². The van der Waals surface area contributed by atoms with E-state index in [-0.39, 0.29) is 0 Å². The lowest BCUT2D eigenvalue weighted by Gasteiger charge is -2.11. The van der Waals surface area contributed by atoms with Crippen LogP contribution in [-0.4, -0.2) is 6.04 Å². The summed E-state index contributed by atoms with van der Waals surface area (Å²) in [4.78, 5) is 0. The summed E-state index contributed by atoms with van der Waals surface area (Å²) in [5.41, 5.74) is 4.73. The minimum atomic E-state index is 0.442. The van der Waals surface area contributed by atoms with Gasteiger partial charge in [0.2, 0.25) is 0 Å². The van der Waals surface area contributed by atoms with Crippen LogP contribution in [-0.2, 0) is 6.61 Å². The molecular formula is C22H23NO. The fraction of sp³-hybridized carbons (Fsp3) is 0.182. The van der Waals surface area contributed by atoms with Gasteiger partial charge in [-0.15, -0.1) is 0 Å². The molecule has 3 aromatic carbocycles. The van der Waals surface area contributed by atoms with Gasteiger partial charge in [0, 0.05) is 11.7 Å². The summed E-state index contributed by atoms with van der Waals surface area (Å²) in [6.07, 6.45) is 0. The average molecular weight is 317 g/mol. The topological polar surface area (TPSA) is 21.3 Å². The van der Waals surface area contributed by atoms with Gasteiger partial charge in [-0.1, -0.05) is 54.6 Å². The van der Waals surface area contributed by atoms with E-state index in [4.69, 9.17) is 4.74 Å². The first-order valence-electron chi connectivity index (χ1n) is 8.34. The number of hydrogen-bond donors (Lipinski definition) is 1. The predicted molar refractivity (Wildman–Crippen MR) is 101 cm³/mol. The van der Waals surface area contributed by atoms with Crippen LogP contribution >= 0.6 is 0 Å². The summed E-state index contributed by atoms with van der Waals surface area (Å²) in [5.74, 6) is 0.890. The van der Waals surface area contributed by atoms with Crippen molar-refractivity contribution in [1.29, 1.82) is 0 Å². The summed E-state index contributed by atoms with van der Waals surface area (Å²) in [7, 11) is 0. The number of anilines is 1. The fourth-order valence-electron chi connectivity index (χ4n) is 2.58. The molecule has 0 aliphatic rings. The van der Waals surface area contributed by atoms with E-state index in [1.54, 1.807) is 0 Å². The number of nitrogens with one attached hydrogen (secondary N) is 1. The molecule has 3 rings (SSSR count). The molecule has 0 atom stereocenters. The van der Waals surface area contributed by atoms with E-state index < -0.39 is 0 Å². The van der Waals surface area contributed by atoms with Gasteiger partial charge in [0.15, 0.2) is 0 Å². The molecule has 0 aliphatic carbocycles. The van der Waals surface area contributed by atoms with Crippen LogP contribution in [0, 0.1) is 0 Å². The van der Waals surface area contributed by atoms with Gasteiger partial charge in [0.1, 0.15) is 12.4 Å². The molecule has 0 saturated carbocycles. The predicted octanol–water partition coefficient (Wildman–Crippen LogP) is 5.75. The third-order valence-electron chi connectivity index (χ3n) is 3.78. The molecule has 1 N–H and O–H groups in total. The minimum absolute atomic E-state index is 0.442. The van der Waals surface area contributed by atoms with Crippen molar-refractivity contribution in [2.24, 2.45) is 0 Å². The van der Waals surface area contributed by atoms with Crippen molar-refractivity contribution >= 4 is 5.69 Å². The summed E-state index contributed by atoms with van der Waals surface area (Å²) in [6.45, 7) is 4.87. The maximum Gasteiger partial charge on any atom is 0.119 e. The lowest BCUT2D eigenvalue weighted by molar-refractivity contribution is 0.306. The second-order valence-corrected chi connectivity index (χ2v) is 6.18. The van der Waals surface area contributed by atoms with Gasteiger partial charge in [-0.3, -0.25) is 0 Å². The Hall–Kier alpha value is -2.74. The van der Waals surface area contributed by atoms with Crippen molar-refractivity contribution in [3.63, 3.8) is 0 Å². The third kappa shape index (κ3) is 4.39. The Morgan fingerprint density at radius 3 is 1.92 bits per heavy atom. The van der Waals surface area contributed by atoms with Crippen LogP contribution in [0.3, 0.4) is 0 Å². The van der Waals surface area contributed by atoms with Crippen molar-refractivity contribution < 1.29 is 4.74 Å². The maximum absolute atomic E-state index is 5.84. The van der Waals surface area contributed by atoms with E-state index in [0.717, 1.165) is 11.4 Å². The Balaban J connectivity index is 1.63. The van der Waals surface area contributed by atoms with Crippen LogP contribution in [0.1, 0.15) is 19.4 Å². The Morgan fingerprint density at radius 2 is 1.33 bits per heavy atom. The van der Waals surface area contributed by atoms with Crippen molar-refractivity contribution in [2.75, 3.05) is 5.32 Å². The second-order valence-electron chi connectivity index (χ2n) is 6.18. The molecule has 0 radical (unpaired) electrons. The van der Waals surface area contributed by atoms with Gasteiger partial charge >= 0.3 is 0 Å². The number of rotatable bonds is 6. The molecule has 0 amide bonds. The van der Waals surface area contributed by atoms with Crippen LogP contribution in [0.15, 0.2) is 78.9 Å². The van der Waals surface area contributed by atoms with E-state index in [1.165, 1.54) is 16.7 Å². The summed E-state index contributed by atoms with van der Waals surface area (Å²) in [5, 5.41) is 3.40. The number of ether oxygens (including phenoxy) is 1. The minimum Gasteiger partial charge on any atom is -0.489 e. The smallest absolute Gasteiger partial charge is 0.119 e. The first-order valence-corrected chi connectivity index (χ1v) is 8.34. The standard InChI is InChI=1S/C22H23NO/c1-17(2)23-21-12-8-19(9-13-21)20-10-14-22(15-11-20)24-16-18-6-4-3-5-7-18/h3-15,17,23H,16H2,1-2H3. The highest BCUT2D eigenvalue weighted by Crippen LogP contribution is 2.24. The SMILES string of the molecule is CC(C)Nc1ccc(-c2ccc(OCc3ccccc3)cc2)cc1. The Morgan fingerprint density at radius 1 is 0.750 bits per heavy atom. The van der Waals surface area contributed by atoms with Gasteiger partial charge in [-0.05, 0) is 54.8 Å². The van der Waals surface area contributed by atoms with E-state index in [0.29, 0.717) is 12.6 Å². The molecular weight excluding hydrogens is 294 g/mol. The summed E-state index contributed by atoms with van der Waals surface area (Å²) in [6, 6.07) is 27.4. The number of benzene rings is 3. The molecule has 2 nitrogen and oxygen atoms in total. The van der Waals surface area contributed by atoms with E-state index >= 15 is 0 Å². The van der Waals surface area contributed by atoms with Crippen LogP contribution in [0.4, 0.5) is 5.69 Å². The Labute approximate surface area is 144 Å². The van der Waals surface area contributed by atoms with Gasteiger partial charge in [0.05, 0.1) is 0 Å². The van der Waals surface area contributed by atoms with E-state index in [2.05, 4.69) is 67.7 Å². The van der Waals surface area contributed by atoms with Crippen molar-refractivity contribution in [1.82, 2.24) is 0 Å². The lowest BCUT2D eigenvalue weighted by atomic mass is 10.1. The highest BCUT2D eigenvalue weighted by molar-refractivity contribution is 5.66. The zero-order valence-electron chi connectivity index (χ0n) is 14.2. The second kappa shape index (κ2) is 7.69. The first-order chi connectivity index (χ1) is 11.7. The molecule has 0 bridgehead atoms. The molecule has 0 aromatic heterocycles. The van der Waals surface area contributed by atoms with Crippen LogP contribution < -0.4 is 10.1 Å². The Kier molecular flexibility index (Phi) is 5.17. The van der Waals surface area contributed by atoms with Crippen LogP contribution in [0.2, 0.25) is 0 Å². The Bertz CT molecular complexity index is 746. The van der Waals surface area contributed by atoms with E-state index in [9.17, 15) is 0 Å². The molecule has 122 valence electrons. The van der Waals surface area contributed by atoms with Gasteiger partial charge < -0.3 is 10.1 Å². The normalized spacial score (nSPS) is 10.6. The maximum atomic E-state index is 5.84. The third-order valence-corrected chi connectivity index (χ3v) is 3.78. The van der Waals surface area contributed by atoms with Gasteiger partial charge in [-0.25, -0.2) is 0 Å². The molecule has 24 heavy (non-hydrogen) atoms. The summed E-state index contributed by atoms with van der Waals surface area (Å²) >= 11 is 0. The average Bonchev–Trinajstić information content (AvgIpc) is 2.62. The molecule has 0 saturated heterocycles. The van der Waals surface area contributed by atoms with Crippen molar-refractivity contribution in [3.05, 3.63) is 84.4 Å². The van der Waals surface area contributed by atoms with Crippen molar-refractivity contribution in [3.8, 4) is 16.9 Å². The first kappa shape index (κ1) is 16.1. The highest BCUT2D eigenvalue weighted by atomic mass is 16.5. The fourth-order valence-corrected chi connectivity index (χ4v) is 2.58. The molecule has 2 heteroatoms. The zero-order valence-corrected chi connectivity index (χ0v) is 14.2. The highest BCUT2D eigenvalue weighted by Gasteiger charge is 2.01. The number of hydrogen-bond acceptors (Lipinski definition) is 2. The van der Waals surface area contributed by atoms with Crippen molar-refractivity contribution in [2.45, 2.75) is 26.5 Å². The molecule has 0 heterocycles. The van der Waals surface area contributed by atoms with Gasteiger partial charge in [0.25, 0.3) is 0 Å². The quantitative estimate of drug-likeness (QED) is 0.624. The molecule has 3 aromatic rings. The van der Waals surface area contributed by atoms with E-state index in [1.807, 2.05) is 30.3 Å². The molecule has 0 fully saturated rings. The molecule has 0 aliphatic heterocycles. The summed E-state index contributed by atoms with van der Waals surface area (Å²) < 4.78 is 5.84. The largest absolute Gasteiger partial charge is 0.489 e. The monoisotopic (exact) mass is 317 g/mol. The molecule has 0 unspecified atom stereocenters. The zero-order chi connectivity index (χ0) is 16.8. The lowest BCUT2D eigenvalue weighted by Crippen LogP contribution is -2.09. The van der Waals surface area contributed by atoms with Crippen LogP contribution in [0.25, 0.3) is 11.1 Å².